The predicted molar refractivity (Wildman–Crippen MR) is 95.6 cm³/mol. The van der Waals surface area contributed by atoms with Crippen LogP contribution < -0.4 is 4.74 Å². The molecule has 1 aliphatic heterocycles. The van der Waals surface area contributed by atoms with Crippen molar-refractivity contribution in [3.8, 4) is 5.75 Å². The standard InChI is InChI=1S/C20H23FN2O3/c1-15-11-16(13-22-12-15)19(24)23-9-2-7-20(25,8-10-23)14-26-18-5-3-17(21)4-6-18/h3-6,11-13,25H,2,7-10,14H2,1H3. The molecule has 3 rings (SSSR count). The number of aliphatic hydroxyl groups is 1. The van der Waals surface area contributed by atoms with Crippen molar-refractivity contribution in [3.05, 3.63) is 59.7 Å². The Bertz CT molecular complexity index is 766. The van der Waals surface area contributed by atoms with Gasteiger partial charge in [-0.05, 0) is 62.1 Å². The van der Waals surface area contributed by atoms with E-state index < -0.39 is 5.60 Å². The molecule has 1 aromatic heterocycles. The largest absolute Gasteiger partial charge is 0.491 e. The third-order valence-electron chi connectivity index (χ3n) is 4.65. The third-order valence-corrected chi connectivity index (χ3v) is 4.65. The monoisotopic (exact) mass is 358 g/mol. The van der Waals surface area contributed by atoms with Crippen LogP contribution in [-0.4, -0.2) is 46.2 Å². The molecule has 2 heterocycles. The molecule has 1 fully saturated rings. The van der Waals surface area contributed by atoms with Gasteiger partial charge in [0.05, 0.1) is 5.56 Å². The minimum Gasteiger partial charge on any atom is -0.491 e. The first-order chi connectivity index (χ1) is 12.5. The lowest BCUT2D eigenvalue weighted by atomic mass is 9.96. The van der Waals surface area contributed by atoms with Crippen LogP contribution in [0.2, 0.25) is 0 Å². The topological polar surface area (TPSA) is 62.7 Å². The summed E-state index contributed by atoms with van der Waals surface area (Å²) in [5.41, 5.74) is 0.502. The van der Waals surface area contributed by atoms with Crippen molar-refractivity contribution in [1.29, 1.82) is 0 Å². The summed E-state index contributed by atoms with van der Waals surface area (Å²) in [4.78, 5) is 18.5. The average Bonchev–Trinajstić information content (AvgIpc) is 2.83. The maximum atomic E-state index is 12.9. The van der Waals surface area contributed by atoms with Crippen molar-refractivity contribution in [1.82, 2.24) is 9.88 Å². The van der Waals surface area contributed by atoms with E-state index in [1.165, 1.54) is 24.3 Å². The smallest absolute Gasteiger partial charge is 0.255 e. The Kier molecular flexibility index (Phi) is 5.52. The summed E-state index contributed by atoms with van der Waals surface area (Å²) in [5, 5.41) is 10.8. The van der Waals surface area contributed by atoms with Gasteiger partial charge in [0.2, 0.25) is 0 Å². The summed E-state index contributed by atoms with van der Waals surface area (Å²) in [6.07, 6.45) is 4.95. The zero-order valence-electron chi connectivity index (χ0n) is 14.8. The number of likely N-dealkylation sites (tertiary alicyclic amines) is 1. The highest BCUT2D eigenvalue weighted by Crippen LogP contribution is 2.25. The highest BCUT2D eigenvalue weighted by atomic mass is 19.1. The molecule has 26 heavy (non-hydrogen) atoms. The van der Waals surface area contributed by atoms with Crippen LogP contribution in [0.3, 0.4) is 0 Å². The van der Waals surface area contributed by atoms with Crippen LogP contribution in [-0.2, 0) is 0 Å². The molecule has 1 N–H and O–H groups in total. The molecular formula is C20H23FN2O3. The second-order valence-electron chi connectivity index (χ2n) is 6.86. The van der Waals surface area contributed by atoms with Crippen LogP contribution in [0.1, 0.15) is 35.2 Å². The number of carbonyl (C=O) groups is 1. The van der Waals surface area contributed by atoms with E-state index in [2.05, 4.69) is 4.98 Å². The first-order valence-corrected chi connectivity index (χ1v) is 8.77. The molecule has 1 aliphatic rings. The number of hydrogen-bond acceptors (Lipinski definition) is 4. The molecule has 1 atom stereocenters. The summed E-state index contributed by atoms with van der Waals surface area (Å²) in [6.45, 7) is 3.06. The van der Waals surface area contributed by atoms with Gasteiger partial charge >= 0.3 is 0 Å². The van der Waals surface area contributed by atoms with Crippen LogP contribution in [0.25, 0.3) is 0 Å². The van der Waals surface area contributed by atoms with Crippen LogP contribution in [0, 0.1) is 12.7 Å². The van der Waals surface area contributed by atoms with E-state index in [9.17, 15) is 14.3 Å². The minimum atomic E-state index is -1.01. The Morgan fingerprint density at radius 2 is 2.04 bits per heavy atom. The van der Waals surface area contributed by atoms with E-state index in [0.29, 0.717) is 43.7 Å². The number of pyridine rings is 1. The molecular weight excluding hydrogens is 335 g/mol. The van der Waals surface area contributed by atoms with E-state index in [4.69, 9.17) is 4.74 Å². The number of amides is 1. The van der Waals surface area contributed by atoms with Gasteiger partial charge in [-0.3, -0.25) is 9.78 Å². The molecule has 6 heteroatoms. The maximum Gasteiger partial charge on any atom is 0.255 e. The van der Waals surface area contributed by atoms with Crippen molar-refractivity contribution in [2.75, 3.05) is 19.7 Å². The quantitative estimate of drug-likeness (QED) is 0.913. The fourth-order valence-electron chi connectivity index (χ4n) is 3.13. The van der Waals surface area contributed by atoms with Crippen molar-refractivity contribution >= 4 is 5.91 Å². The van der Waals surface area contributed by atoms with Crippen molar-refractivity contribution in [3.63, 3.8) is 0 Å². The van der Waals surface area contributed by atoms with Crippen LogP contribution in [0.5, 0.6) is 5.75 Å². The van der Waals surface area contributed by atoms with E-state index in [0.717, 1.165) is 5.56 Å². The number of ether oxygens (including phenoxy) is 1. The van der Waals surface area contributed by atoms with E-state index >= 15 is 0 Å². The van der Waals surface area contributed by atoms with Crippen molar-refractivity contribution < 1.29 is 19.0 Å². The number of hydrogen-bond donors (Lipinski definition) is 1. The Morgan fingerprint density at radius 1 is 1.27 bits per heavy atom. The molecule has 0 aliphatic carbocycles. The van der Waals surface area contributed by atoms with Gasteiger partial charge in [0, 0.05) is 25.5 Å². The van der Waals surface area contributed by atoms with Gasteiger partial charge in [0.1, 0.15) is 23.8 Å². The van der Waals surface area contributed by atoms with E-state index in [1.807, 2.05) is 13.0 Å². The van der Waals surface area contributed by atoms with Crippen LogP contribution >= 0.6 is 0 Å². The fourth-order valence-corrected chi connectivity index (χ4v) is 3.13. The second kappa shape index (κ2) is 7.83. The zero-order valence-corrected chi connectivity index (χ0v) is 14.8. The Balaban J connectivity index is 1.59. The number of aromatic nitrogens is 1. The summed E-state index contributed by atoms with van der Waals surface area (Å²) < 4.78 is 18.6. The maximum absolute atomic E-state index is 12.9. The second-order valence-corrected chi connectivity index (χ2v) is 6.86. The van der Waals surface area contributed by atoms with Crippen LogP contribution in [0.4, 0.5) is 4.39 Å². The molecule has 5 nitrogen and oxygen atoms in total. The summed E-state index contributed by atoms with van der Waals surface area (Å²) in [7, 11) is 0. The molecule has 0 spiro atoms. The van der Waals surface area contributed by atoms with Gasteiger partial charge in [-0.15, -0.1) is 0 Å². The van der Waals surface area contributed by atoms with Gasteiger partial charge in [0.15, 0.2) is 0 Å². The highest BCUT2D eigenvalue weighted by Gasteiger charge is 2.32. The summed E-state index contributed by atoms with van der Waals surface area (Å²) in [6, 6.07) is 7.54. The lowest BCUT2D eigenvalue weighted by Crippen LogP contribution is -2.38. The van der Waals surface area contributed by atoms with E-state index in [1.54, 1.807) is 17.3 Å². The lowest BCUT2D eigenvalue weighted by Gasteiger charge is -2.27. The van der Waals surface area contributed by atoms with Gasteiger partial charge in [0.25, 0.3) is 5.91 Å². The molecule has 1 saturated heterocycles. The number of nitrogens with zero attached hydrogens (tertiary/aromatic N) is 2. The van der Waals surface area contributed by atoms with Gasteiger partial charge < -0.3 is 14.7 Å². The normalized spacial score (nSPS) is 20.5. The van der Waals surface area contributed by atoms with E-state index in [-0.39, 0.29) is 18.3 Å². The first kappa shape index (κ1) is 18.3. The van der Waals surface area contributed by atoms with Gasteiger partial charge in [-0.25, -0.2) is 4.39 Å². The number of benzene rings is 1. The zero-order chi connectivity index (χ0) is 18.6. The number of rotatable bonds is 4. The molecule has 0 bridgehead atoms. The van der Waals surface area contributed by atoms with Gasteiger partial charge in [-0.1, -0.05) is 0 Å². The Labute approximate surface area is 152 Å². The molecule has 2 aromatic rings. The molecule has 0 radical (unpaired) electrons. The first-order valence-electron chi connectivity index (χ1n) is 8.77. The lowest BCUT2D eigenvalue weighted by molar-refractivity contribution is -0.0163. The third kappa shape index (κ3) is 4.58. The average molecular weight is 358 g/mol. The molecule has 1 aromatic carbocycles. The Hall–Kier alpha value is -2.47. The molecule has 138 valence electrons. The Morgan fingerprint density at radius 3 is 2.77 bits per heavy atom. The van der Waals surface area contributed by atoms with Crippen molar-refractivity contribution in [2.24, 2.45) is 0 Å². The molecule has 0 saturated carbocycles. The number of carbonyl (C=O) groups excluding carboxylic acids is 1. The SMILES string of the molecule is Cc1cncc(C(=O)N2CCCC(O)(COc3ccc(F)cc3)CC2)c1. The predicted octanol–water partition coefficient (Wildman–Crippen LogP) is 2.97. The minimum absolute atomic E-state index is 0.0649. The molecule has 1 amide bonds. The highest BCUT2D eigenvalue weighted by molar-refractivity contribution is 5.94. The number of halogens is 1. The van der Waals surface area contributed by atoms with Crippen molar-refractivity contribution in [2.45, 2.75) is 31.8 Å². The molecule has 1 unspecified atom stereocenters. The van der Waals surface area contributed by atoms with Crippen LogP contribution in [0.15, 0.2) is 42.7 Å². The fraction of sp³-hybridized carbons (Fsp3) is 0.400. The number of aryl methyl sites for hydroxylation is 1. The van der Waals surface area contributed by atoms with Gasteiger partial charge in [-0.2, -0.15) is 0 Å². The summed E-state index contributed by atoms with van der Waals surface area (Å²) >= 11 is 0. The summed E-state index contributed by atoms with van der Waals surface area (Å²) in [5.74, 6) is 0.123.